The standard InChI is InChI=1S/C14H16N4O2S/c1-8(10-4-6-11(20-3)7-5-10)17-18-13(19)12-9(2)16-14(15)21-12/h4-7H,1-3H3,(H2,15,16)(H,18,19). The predicted octanol–water partition coefficient (Wildman–Crippen LogP) is 2.20. The van der Waals surface area contributed by atoms with E-state index < -0.39 is 0 Å². The maximum Gasteiger partial charge on any atom is 0.283 e. The van der Waals surface area contributed by atoms with Crippen LogP contribution < -0.4 is 15.9 Å². The fraction of sp³-hybridized carbons (Fsp3) is 0.214. The van der Waals surface area contributed by atoms with Gasteiger partial charge in [-0.3, -0.25) is 4.79 Å². The Morgan fingerprint density at radius 3 is 2.57 bits per heavy atom. The van der Waals surface area contributed by atoms with E-state index in [9.17, 15) is 4.79 Å². The van der Waals surface area contributed by atoms with Crippen LogP contribution in [0.15, 0.2) is 29.4 Å². The SMILES string of the molecule is COc1ccc(C(C)=NNC(=O)c2sc(N)nc2C)cc1. The van der Waals surface area contributed by atoms with Crippen molar-refractivity contribution < 1.29 is 9.53 Å². The van der Waals surface area contributed by atoms with Crippen LogP contribution in [0.2, 0.25) is 0 Å². The number of anilines is 1. The summed E-state index contributed by atoms with van der Waals surface area (Å²) in [6.45, 7) is 3.55. The van der Waals surface area contributed by atoms with Crippen LogP contribution in [0.3, 0.4) is 0 Å². The van der Waals surface area contributed by atoms with Crippen LogP contribution in [0.5, 0.6) is 5.75 Å². The lowest BCUT2D eigenvalue weighted by molar-refractivity contribution is 0.0958. The van der Waals surface area contributed by atoms with Gasteiger partial charge in [0.2, 0.25) is 0 Å². The molecular weight excluding hydrogens is 288 g/mol. The van der Waals surface area contributed by atoms with E-state index in [0.29, 0.717) is 21.4 Å². The summed E-state index contributed by atoms with van der Waals surface area (Å²) < 4.78 is 5.09. The summed E-state index contributed by atoms with van der Waals surface area (Å²) in [7, 11) is 1.61. The van der Waals surface area contributed by atoms with Gasteiger partial charge in [0, 0.05) is 0 Å². The zero-order valence-corrected chi connectivity index (χ0v) is 12.8. The maximum atomic E-state index is 12.0. The van der Waals surface area contributed by atoms with E-state index in [0.717, 1.165) is 22.6 Å². The number of hydrogen-bond donors (Lipinski definition) is 2. The Balaban J connectivity index is 2.08. The van der Waals surface area contributed by atoms with Gasteiger partial charge in [-0.05, 0) is 43.7 Å². The van der Waals surface area contributed by atoms with E-state index in [1.165, 1.54) is 0 Å². The lowest BCUT2D eigenvalue weighted by atomic mass is 10.1. The molecule has 0 aliphatic carbocycles. The molecule has 0 radical (unpaired) electrons. The van der Waals surface area contributed by atoms with E-state index >= 15 is 0 Å². The molecule has 110 valence electrons. The average Bonchev–Trinajstić information content (AvgIpc) is 2.83. The normalized spacial score (nSPS) is 11.3. The molecule has 1 amide bonds. The summed E-state index contributed by atoms with van der Waals surface area (Å²) in [6.07, 6.45) is 0. The van der Waals surface area contributed by atoms with E-state index in [-0.39, 0.29) is 5.91 Å². The summed E-state index contributed by atoms with van der Waals surface area (Å²) in [5.74, 6) is 0.459. The second-order valence-electron chi connectivity index (χ2n) is 4.33. The lowest BCUT2D eigenvalue weighted by Crippen LogP contribution is -2.19. The molecular formula is C14H16N4O2S. The zero-order chi connectivity index (χ0) is 15.4. The van der Waals surface area contributed by atoms with Crippen molar-refractivity contribution in [3.05, 3.63) is 40.4 Å². The second kappa shape index (κ2) is 6.36. The molecule has 2 aromatic rings. The number of carbonyl (C=O) groups excluding carboxylic acids is 1. The molecule has 7 heteroatoms. The number of hydrazone groups is 1. The van der Waals surface area contributed by atoms with Crippen molar-refractivity contribution in [2.45, 2.75) is 13.8 Å². The average molecular weight is 304 g/mol. The minimum Gasteiger partial charge on any atom is -0.497 e. The van der Waals surface area contributed by atoms with Crippen molar-refractivity contribution in [3.63, 3.8) is 0 Å². The third-order valence-electron chi connectivity index (χ3n) is 2.85. The molecule has 6 nitrogen and oxygen atoms in total. The smallest absolute Gasteiger partial charge is 0.283 e. The number of ether oxygens (including phenoxy) is 1. The molecule has 0 saturated carbocycles. The number of aromatic nitrogens is 1. The number of aryl methyl sites for hydroxylation is 1. The number of nitrogens with zero attached hydrogens (tertiary/aromatic N) is 2. The Hall–Kier alpha value is -2.41. The van der Waals surface area contributed by atoms with Crippen molar-refractivity contribution in [2.24, 2.45) is 5.10 Å². The Labute approximate surface area is 126 Å². The van der Waals surface area contributed by atoms with Crippen molar-refractivity contribution >= 4 is 28.1 Å². The topological polar surface area (TPSA) is 89.6 Å². The Bertz CT molecular complexity index is 677. The molecule has 2 rings (SSSR count). The monoisotopic (exact) mass is 304 g/mol. The third-order valence-corrected chi connectivity index (χ3v) is 3.84. The summed E-state index contributed by atoms with van der Waals surface area (Å²) in [5.41, 5.74) is 10.3. The molecule has 0 bridgehead atoms. The fourth-order valence-corrected chi connectivity index (χ4v) is 2.43. The predicted molar refractivity (Wildman–Crippen MR) is 83.9 cm³/mol. The summed E-state index contributed by atoms with van der Waals surface area (Å²) in [4.78, 5) is 16.5. The van der Waals surface area contributed by atoms with Gasteiger partial charge in [0.25, 0.3) is 5.91 Å². The second-order valence-corrected chi connectivity index (χ2v) is 5.36. The minimum atomic E-state index is -0.311. The Kier molecular flexibility index (Phi) is 4.54. The largest absolute Gasteiger partial charge is 0.497 e. The van der Waals surface area contributed by atoms with E-state index in [1.807, 2.05) is 31.2 Å². The number of rotatable bonds is 4. The first-order valence-electron chi connectivity index (χ1n) is 6.23. The number of benzene rings is 1. The van der Waals surface area contributed by atoms with Gasteiger partial charge in [0.05, 0.1) is 18.5 Å². The first kappa shape index (κ1) is 15.0. The third kappa shape index (κ3) is 3.57. The zero-order valence-electron chi connectivity index (χ0n) is 12.0. The molecule has 21 heavy (non-hydrogen) atoms. The summed E-state index contributed by atoms with van der Waals surface area (Å²) in [5, 5.41) is 4.46. The summed E-state index contributed by atoms with van der Waals surface area (Å²) >= 11 is 1.14. The van der Waals surface area contributed by atoms with Crippen molar-refractivity contribution in [1.29, 1.82) is 0 Å². The van der Waals surface area contributed by atoms with Crippen LogP contribution in [0.4, 0.5) is 5.13 Å². The number of amides is 1. The Morgan fingerprint density at radius 1 is 1.38 bits per heavy atom. The highest BCUT2D eigenvalue weighted by Gasteiger charge is 2.13. The number of hydrogen-bond acceptors (Lipinski definition) is 6. The first-order chi connectivity index (χ1) is 10.0. The number of nitrogens with one attached hydrogen (secondary N) is 1. The van der Waals surface area contributed by atoms with Crippen LogP contribution in [0, 0.1) is 6.92 Å². The molecule has 1 aromatic carbocycles. The van der Waals surface area contributed by atoms with Crippen LogP contribution in [-0.4, -0.2) is 23.7 Å². The number of nitrogen functional groups attached to an aromatic ring is 1. The van der Waals surface area contributed by atoms with Gasteiger partial charge in [-0.2, -0.15) is 5.10 Å². The van der Waals surface area contributed by atoms with Crippen molar-refractivity contribution in [1.82, 2.24) is 10.4 Å². The highest BCUT2D eigenvalue weighted by atomic mass is 32.1. The van der Waals surface area contributed by atoms with Crippen LogP contribution in [-0.2, 0) is 0 Å². The summed E-state index contributed by atoms with van der Waals surface area (Å²) in [6, 6.07) is 7.42. The lowest BCUT2D eigenvalue weighted by Gasteiger charge is -2.04. The van der Waals surface area contributed by atoms with E-state index in [1.54, 1.807) is 14.0 Å². The van der Waals surface area contributed by atoms with E-state index in [2.05, 4.69) is 15.5 Å². The first-order valence-corrected chi connectivity index (χ1v) is 7.05. The van der Waals surface area contributed by atoms with Crippen molar-refractivity contribution in [2.75, 3.05) is 12.8 Å². The van der Waals surface area contributed by atoms with Gasteiger partial charge in [0.15, 0.2) is 5.13 Å². The molecule has 0 fully saturated rings. The van der Waals surface area contributed by atoms with Crippen LogP contribution in [0.25, 0.3) is 0 Å². The molecule has 0 aliphatic rings. The highest BCUT2D eigenvalue weighted by Crippen LogP contribution is 2.19. The quantitative estimate of drug-likeness (QED) is 0.669. The number of thiazole rings is 1. The minimum absolute atomic E-state index is 0.311. The molecule has 3 N–H and O–H groups in total. The van der Waals surface area contributed by atoms with Crippen LogP contribution in [0.1, 0.15) is 27.9 Å². The van der Waals surface area contributed by atoms with Gasteiger partial charge in [0.1, 0.15) is 10.6 Å². The Morgan fingerprint density at radius 2 is 2.05 bits per heavy atom. The van der Waals surface area contributed by atoms with Gasteiger partial charge >= 0.3 is 0 Å². The van der Waals surface area contributed by atoms with Crippen LogP contribution >= 0.6 is 11.3 Å². The molecule has 0 saturated heterocycles. The number of methoxy groups -OCH3 is 1. The van der Waals surface area contributed by atoms with E-state index in [4.69, 9.17) is 10.5 Å². The van der Waals surface area contributed by atoms with Gasteiger partial charge in [-0.1, -0.05) is 11.3 Å². The molecule has 0 spiro atoms. The molecule has 1 heterocycles. The number of carbonyl (C=O) groups is 1. The molecule has 1 aromatic heterocycles. The maximum absolute atomic E-state index is 12.0. The highest BCUT2D eigenvalue weighted by molar-refractivity contribution is 7.17. The fourth-order valence-electron chi connectivity index (χ4n) is 1.71. The van der Waals surface area contributed by atoms with Gasteiger partial charge in [-0.15, -0.1) is 0 Å². The van der Waals surface area contributed by atoms with Gasteiger partial charge in [-0.25, -0.2) is 10.4 Å². The van der Waals surface area contributed by atoms with Gasteiger partial charge < -0.3 is 10.5 Å². The molecule has 0 aliphatic heterocycles. The molecule has 0 atom stereocenters. The number of nitrogens with two attached hydrogens (primary N) is 1. The molecule has 0 unspecified atom stereocenters. The van der Waals surface area contributed by atoms with Crippen molar-refractivity contribution in [3.8, 4) is 5.75 Å².